The zero-order chi connectivity index (χ0) is 13.9. The molecule has 0 aliphatic heterocycles. The number of aliphatic hydroxyl groups is 1. The largest absolute Gasteiger partial charge is 0.391 e. The molecule has 0 saturated carbocycles. The van der Waals surface area contributed by atoms with Gasteiger partial charge >= 0.3 is 0 Å². The van der Waals surface area contributed by atoms with Gasteiger partial charge in [-0.3, -0.25) is 0 Å². The Hall–Kier alpha value is -0.730. The fourth-order valence-electron chi connectivity index (χ4n) is 1.79. The van der Waals surface area contributed by atoms with E-state index in [1.807, 2.05) is 16.8 Å². The van der Waals surface area contributed by atoms with Crippen molar-refractivity contribution in [2.24, 2.45) is 0 Å². The molecule has 2 N–H and O–H groups in total. The molecule has 2 aromatic heterocycles. The van der Waals surface area contributed by atoms with Crippen molar-refractivity contribution in [1.82, 2.24) is 4.72 Å². The molecule has 0 saturated heterocycles. The first kappa shape index (κ1) is 14.7. The van der Waals surface area contributed by atoms with Crippen molar-refractivity contribution in [3.63, 3.8) is 0 Å². The maximum absolute atomic E-state index is 12.2. The number of hydrogen-bond donors (Lipinski definition) is 2. The lowest BCUT2D eigenvalue weighted by Crippen LogP contribution is -2.26. The van der Waals surface area contributed by atoms with Gasteiger partial charge in [-0.05, 0) is 46.7 Å². The smallest absolute Gasteiger partial charge is 0.242 e. The second kappa shape index (κ2) is 6.15. The molecule has 104 valence electrons. The molecule has 0 unspecified atom stereocenters. The molecule has 2 aromatic rings. The van der Waals surface area contributed by atoms with Gasteiger partial charge in [0.15, 0.2) is 0 Å². The van der Waals surface area contributed by atoms with Gasteiger partial charge in [-0.15, -0.1) is 11.3 Å². The Bertz CT molecular complexity index is 629. The minimum Gasteiger partial charge on any atom is -0.391 e. The van der Waals surface area contributed by atoms with Crippen molar-refractivity contribution in [2.45, 2.75) is 24.8 Å². The number of hydrogen-bond acceptors (Lipinski definition) is 5. The summed E-state index contributed by atoms with van der Waals surface area (Å²) in [5, 5.41) is 14.9. The van der Waals surface area contributed by atoms with Gasteiger partial charge in [0.25, 0.3) is 0 Å². The molecule has 0 aliphatic carbocycles. The highest BCUT2D eigenvalue weighted by atomic mass is 32.2. The van der Waals surface area contributed by atoms with Gasteiger partial charge in [0.05, 0.1) is 11.5 Å². The van der Waals surface area contributed by atoms with Crippen LogP contribution in [0.5, 0.6) is 0 Å². The maximum Gasteiger partial charge on any atom is 0.242 e. The average molecular weight is 317 g/mol. The number of thiophene rings is 2. The third kappa shape index (κ3) is 3.43. The average Bonchev–Trinajstić information content (AvgIpc) is 2.98. The molecule has 0 aromatic carbocycles. The van der Waals surface area contributed by atoms with E-state index in [-0.39, 0.29) is 11.5 Å². The minimum absolute atomic E-state index is 0.227. The number of nitrogens with one attached hydrogen (secondary N) is 1. The summed E-state index contributed by atoms with van der Waals surface area (Å²) in [6.07, 6.45) is 0.667. The van der Waals surface area contributed by atoms with E-state index in [1.165, 1.54) is 11.3 Å². The summed E-state index contributed by atoms with van der Waals surface area (Å²) >= 11 is 2.86. The summed E-state index contributed by atoms with van der Waals surface area (Å²) in [7, 11) is -3.54. The molecule has 7 heteroatoms. The van der Waals surface area contributed by atoms with E-state index in [0.29, 0.717) is 23.4 Å². The van der Waals surface area contributed by atoms with Gasteiger partial charge < -0.3 is 5.11 Å². The van der Waals surface area contributed by atoms with Crippen LogP contribution in [-0.4, -0.2) is 20.1 Å². The van der Waals surface area contributed by atoms with E-state index in [9.17, 15) is 13.5 Å². The summed E-state index contributed by atoms with van der Waals surface area (Å²) in [5.74, 6) is 0. The molecule has 4 nitrogen and oxygen atoms in total. The first-order valence-corrected chi connectivity index (χ1v) is 9.03. The zero-order valence-electron chi connectivity index (χ0n) is 10.4. The maximum atomic E-state index is 12.2. The summed E-state index contributed by atoms with van der Waals surface area (Å²) in [6.45, 7) is 1.85. The second-order valence-corrected chi connectivity index (χ2v) is 7.56. The fourth-order valence-corrected chi connectivity index (χ4v) is 5.19. The Kier molecular flexibility index (Phi) is 4.75. The number of sulfonamides is 1. The Morgan fingerprint density at radius 2 is 2.16 bits per heavy atom. The van der Waals surface area contributed by atoms with E-state index < -0.39 is 10.0 Å². The summed E-state index contributed by atoms with van der Waals surface area (Å²) in [6, 6.07) is 1.98. The minimum atomic E-state index is -3.54. The number of rotatable bonds is 6. The molecule has 2 rings (SSSR count). The summed E-state index contributed by atoms with van der Waals surface area (Å²) in [4.78, 5) is 0.714. The van der Waals surface area contributed by atoms with Crippen LogP contribution in [0.3, 0.4) is 0 Å². The van der Waals surface area contributed by atoms with Crippen molar-refractivity contribution in [2.75, 3.05) is 6.54 Å². The van der Waals surface area contributed by atoms with Crippen LogP contribution in [0, 0.1) is 6.92 Å². The molecule has 0 aliphatic rings. The lowest BCUT2D eigenvalue weighted by molar-refractivity contribution is 0.282. The van der Waals surface area contributed by atoms with E-state index >= 15 is 0 Å². The molecule has 0 bridgehead atoms. The molecule has 2 heterocycles. The first-order chi connectivity index (χ1) is 9.04. The molecule has 0 atom stereocenters. The fraction of sp³-hybridized carbons (Fsp3) is 0.333. The lowest BCUT2D eigenvalue weighted by Gasteiger charge is -2.07. The van der Waals surface area contributed by atoms with E-state index in [1.54, 1.807) is 23.6 Å². The predicted octanol–water partition coefficient (Wildman–Crippen LogP) is 2.13. The zero-order valence-corrected chi connectivity index (χ0v) is 12.9. The van der Waals surface area contributed by atoms with Crippen LogP contribution >= 0.6 is 22.7 Å². The highest BCUT2D eigenvalue weighted by Crippen LogP contribution is 2.26. The topological polar surface area (TPSA) is 66.4 Å². The van der Waals surface area contributed by atoms with Crippen LogP contribution in [0.2, 0.25) is 0 Å². The van der Waals surface area contributed by atoms with Crippen LogP contribution in [0.25, 0.3) is 0 Å². The van der Waals surface area contributed by atoms with Crippen LogP contribution in [0.4, 0.5) is 0 Å². The van der Waals surface area contributed by atoms with Gasteiger partial charge in [0, 0.05) is 6.54 Å². The van der Waals surface area contributed by atoms with E-state index in [4.69, 9.17) is 0 Å². The molecule has 0 fully saturated rings. The molecule has 0 spiro atoms. The SMILES string of the molecule is Cc1csc(CO)c1S(=O)(=O)NCCc1ccsc1. The Morgan fingerprint density at radius 1 is 1.37 bits per heavy atom. The Morgan fingerprint density at radius 3 is 2.79 bits per heavy atom. The van der Waals surface area contributed by atoms with Gasteiger partial charge in [-0.1, -0.05) is 0 Å². The van der Waals surface area contributed by atoms with Gasteiger partial charge in [0.2, 0.25) is 10.0 Å². The first-order valence-electron chi connectivity index (χ1n) is 5.73. The highest BCUT2D eigenvalue weighted by Gasteiger charge is 2.22. The summed E-state index contributed by atoms with van der Waals surface area (Å²) < 4.78 is 27.0. The van der Waals surface area contributed by atoms with Gasteiger partial charge in [0.1, 0.15) is 4.90 Å². The third-order valence-corrected chi connectivity index (χ3v) is 6.33. The van der Waals surface area contributed by atoms with Crippen LogP contribution in [-0.2, 0) is 23.1 Å². The van der Waals surface area contributed by atoms with Crippen molar-refractivity contribution < 1.29 is 13.5 Å². The van der Waals surface area contributed by atoms with Crippen molar-refractivity contribution in [3.8, 4) is 0 Å². The number of aryl methyl sites for hydroxylation is 1. The Labute approximate surface area is 120 Å². The number of aliphatic hydroxyl groups excluding tert-OH is 1. The Balaban J connectivity index is 2.07. The summed E-state index contributed by atoms with van der Waals surface area (Å²) in [5.41, 5.74) is 1.80. The molecular formula is C12H15NO3S3. The molecular weight excluding hydrogens is 302 g/mol. The van der Waals surface area contributed by atoms with Crippen LogP contribution < -0.4 is 4.72 Å². The third-order valence-electron chi connectivity index (χ3n) is 2.69. The van der Waals surface area contributed by atoms with Gasteiger partial charge in [-0.2, -0.15) is 11.3 Å². The van der Waals surface area contributed by atoms with Crippen LogP contribution in [0.15, 0.2) is 27.1 Å². The standard InChI is InChI=1S/C12H15NO3S3/c1-9-7-18-11(6-14)12(9)19(15,16)13-4-2-10-3-5-17-8-10/h3,5,7-8,13-14H,2,4,6H2,1H3. The van der Waals surface area contributed by atoms with E-state index in [2.05, 4.69) is 4.72 Å². The molecule has 19 heavy (non-hydrogen) atoms. The van der Waals surface area contributed by atoms with Crippen molar-refractivity contribution in [3.05, 3.63) is 38.2 Å². The van der Waals surface area contributed by atoms with Crippen molar-refractivity contribution >= 4 is 32.7 Å². The molecule has 0 radical (unpaired) electrons. The predicted molar refractivity (Wildman–Crippen MR) is 78.2 cm³/mol. The second-order valence-electron chi connectivity index (χ2n) is 4.11. The normalized spacial score (nSPS) is 11.9. The van der Waals surface area contributed by atoms with Gasteiger partial charge in [-0.25, -0.2) is 13.1 Å². The molecule has 0 amide bonds. The van der Waals surface area contributed by atoms with Crippen LogP contribution in [0.1, 0.15) is 16.0 Å². The van der Waals surface area contributed by atoms with Crippen molar-refractivity contribution in [1.29, 1.82) is 0 Å². The van der Waals surface area contributed by atoms with E-state index in [0.717, 1.165) is 5.56 Å². The highest BCUT2D eigenvalue weighted by molar-refractivity contribution is 7.89. The monoisotopic (exact) mass is 317 g/mol. The lowest BCUT2D eigenvalue weighted by atomic mass is 10.2. The quantitative estimate of drug-likeness (QED) is 0.858.